The summed E-state index contributed by atoms with van der Waals surface area (Å²) in [4.78, 5) is 0. The van der Waals surface area contributed by atoms with Gasteiger partial charge in [0.2, 0.25) is 0 Å². The molecule has 0 spiro atoms. The first-order chi connectivity index (χ1) is 7.95. The van der Waals surface area contributed by atoms with E-state index in [1.54, 1.807) is 18.2 Å². The van der Waals surface area contributed by atoms with Gasteiger partial charge in [0.15, 0.2) is 0 Å². The van der Waals surface area contributed by atoms with E-state index in [-0.39, 0.29) is 18.3 Å². The second kappa shape index (κ2) is 6.58. The maximum atomic E-state index is 14.1. The Hall–Kier alpha value is -0.310. The van der Waals surface area contributed by atoms with Crippen LogP contribution in [-0.2, 0) is 6.42 Å². The third kappa shape index (κ3) is 4.13. The third-order valence-electron chi connectivity index (χ3n) is 3.02. The van der Waals surface area contributed by atoms with E-state index in [1.165, 1.54) is 0 Å². The highest BCUT2D eigenvalue weighted by Crippen LogP contribution is 2.26. The Morgan fingerprint density at radius 1 is 1.29 bits per heavy atom. The first kappa shape index (κ1) is 14.7. The molecule has 0 aliphatic carbocycles. The number of benzene rings is 1. The van der Waals surface area contributed by atoms with E-state index in [1.807, 2.05) is 13.8 Å². The van der Waals surface area contributed by atoms with Crippen LogP contribution in [0, 0.1) is 11.8 Å². The fourth-order valence-electron chi connectivity index (χ4n) is 1.89. The van der Waals surface area contributed by atoms with Crippen LogP contribution in [-0.4, -0.2) is 12.7 Å². The number of hydrogen-bond donors (Lipinski definition) is 1. The molecule has 0 fully saturated rings. The molecule has 2 atom stereocenters. The molecule has 0 amide bonds. The van der Waals surface area contributed by atoms with Crippen molar-refractivity contribution in [3.05, 3.63) is 33.8 Å². The third-order valence-corrected chi connectivity index (χ3v) is 3.61. The maximum absolute atomic E-state index is 14.1. The van der Waals surface area contributed by atoms with Crippen molar-refractivity contribution in [1.29, 1.82) is 0 Å². The highest BCUT2D eigenvalue weighted by Gasteiger charge is 2.23. The van der Waals surface area contributed by atoms with E-state index in [9.17, 15) is 4.39 Å². The summed E-state index contributed by atoms with van der Waals surface area (Å²) in [5.74, 6) is 0.0859. The van der Waals surface area contributed by atoms with Gasteiger partial charge in [0.05, 0.1) is 0 Å². The monoisotopic (exact) mass is 277 g/mol. The number of rotatable bonds is 5. The van der Waals surface area contributed by atoms with Crippen LogP contribution in [0.3, 0.4) is 0 Å². The largest absolute Gasteiger partial charge is 0.330 e. The van der Waals surface area contributed by atoms with Crippen molar-refractivity contribution < 1.29 is 4.39 Å². The summed E-state index contributed by atoms with van der Waals surface area (Å²) in [5, 5.41) is 1.08. The molecule has 0 aliphatic heterocycles. The molecule has 1 nitrogen and oxygen atoms in total. The van der Waals surface area contributed by atoms with E-state index in [2.05, 4.69) is 0 Å². The molecule has 0 saturated heterocycles. The second-order valence-electron chi connectivity index (χ2n) is 4.60. The van der Waals surface area contributed by atoms with Crippen LogP contribution in [0.25, 0.3) is 0 Å². The van der Waals surface area contributed by atoms with Crippen LogP contribution in [0.1, 0.15) is 19.4 Å². The second-order valence-corrected chi connectivity index (χ2v) is 5.44. The Balaban J connectivity index is 2.76. The van der Waals surface area contributed by atoms with E-state index in [4.69, 9.17) is 28.9 Å². The molecule has 1 rings (SSSR count). The van der Waals surface area contributed by atoms with Gasteiger partial charge in [-0.15, -0.1) is 0 Å². The van der Waals surface area contributed by atoms with Gasteiger partial charge in [-0.05, 0) is 30.2 Å². The van der Waals surface area contributed by atoms with Crippen LogP contribution in [0.2, 0.25) is 10.0 Å². The number of hydrogen-bond acceptors (Lipinski definition) is 1. The molecule has 0 bridgehead atoms. The summed E-state index contributed by atoms with van der Waals surface area (Å²) in [5.41, 5.74) is 6.38. The molecule has 0 radical (unpaired) electrons. The standard InChI is InChI=1S/C13H18Cl2FN/c1-8(2)11(7-17)13(16)5-9-3-4-10(14)6-12(9)15/h3-4,6,8,11,13H,5,7,17H2,1-2H3. The fraction of sp³-hybridized carbons (Fsp3) is 0.538. The molecule has 17 heavy (non-hydrogen) atoms. The molecule has 0 heterocycles. The molecule has 0 aliphatic rings. The molecule has 2 N–H and O–H groups in total. The zero-order valence-corrected chi connectivity index (χ0v) is 11.6. The lowest BCUT2D eigenvalue weighted by Gasteiger charge is -2.23. The fourth-order valence-corrected chi connectivity index (χ4v) is 2.37. The van der Waals surface area contributed by atoms with Crippen molar-refractivity contribution in [1.82, 2.24) is 0 Å². The quantitative estimate of drug-likeness (QED) is 0.862. The van der Waals surface area contributed by atoms with Gasteiger partial charge in [-0.1, -0.05) is 43.1 Å². The highest BCUT2D eigenvalue weighted by atomic mass is 35.5. The maximum Gasteiger partial charge on any atom is 0.108 e. The number of nitrogens with two attached hydrogens (primary N) is 1. The lowest BCUT2D eigenvalue weighted by atomic mass is 9.88. The molecule has 0 aromatic heterocycles. The van der Waals surface area contributed by atoms with E-state index < -0.39 is 6.17 Å². The van der Waals surface area contributed by atoms with E-state index in [0.29, 0.717) is 16.6 Å². The van der Waals surface area contributed by atoms with Crippen LogP contribution in [0.4, 0.5) is 4.39 Å². The van der Waals surface area contributed by atoms with Crippen molar-refractivity contribution >= 4 is 23.2 Å². The lowest BCUT2D eigenvalue weighted by Crippen LogP contribution is -2.30. The van der Waals surface area contributed by atoms with Crippen LogP contribution >= 0.6 is 23.2 Å². The van der Waals surface area contributed by atoms with Crippen molar-refractivity contribution in [3.63, 3.8) is 0 Å². The van der Waals surface area contributed by atoms with Gasteiger partial charge in [-0.25, -0.2) is 4.39 Å². The molecule has 96 valence electrons. The Bertz CT molecular complexity index is 368. The molecule has 1 aromatic rings. The average molecular weight is 278 g/mol. The minimum atomic E-state index is -0.973. The summed E-state index contributed by atoms with van der Waals surface area (Å²) in [7, 11) is 0. The van der Waals surface area contributed by atoms with Crippen molar-refractivity contribution in [2.75, 3.05) is 6.54 Å². The number of alkyl halides is 1. The van der Waals surface area contributed by atoms with Gasteiger partial charge in [-0.3, -0.25) is 0 Å². The highest BCUT2D eigenvalue weighted by molar-refractivity contribution is 6.35. The minimum absolute atomic E-state index is 0.137. The zero-order chi connectivity index (χ0) is 13.0. The van der Waals surface area contributed by atoms with Crippen LogP contribution in [0.5, 0.6) is 0 Å². The van der Waals surface area contributed by atoms with Crippen molar-refractivity contribution in [3.8, 4) is 0 Å². The summed E-state index contributed by atoms with van der Waals surface area (Å²) in [6.07, 6.45) is -0.686. The molecule has 1 aromatic carbocycles. The topological polar surface area (TPSA) is 26.0 Å². The van der Waals surface area contributed by atoms with Crippen LogP contribution in [0.15, 0.2) is 18.2 Å². The van der Waals surface area contributed by atoms with Gasteiger partial charge in [0.25, 0.3) is 0 Å². The van der Waals surface area contributed by atoms with Gasteiger partial charge in [0.1, 0.15) is 6.17 Å². The lowest BCUT2D eigenvalue weighted by molar-refractivity contribution is 0.185. The Morgan fingerprint density at radius 3 is 2.41 bits per heavy atom. The molecule has 4 heteroatoms. The van der Waals surface area contributed by atoms with E-state index >= 15 is 0 Å². The smallest absolute Gasteiger partial charge is 0.108 e. The number of halogens is 3. The normalized spacial score (nSPS) is 15.0. The van der Waals surface area contributed by atoms with Gasteiger partial charge >= 0.3 is 0 Å². The van der Waals surface area contributed by atoms with Crippen molar-refractivity contribution in [2.45, 2.75) is 26.4 Å². The predicted molar refractivity (Wildman–Crippen MR) is 72.4 cm³/mol. The Labute approximate surface area is 112 Å². The summed E-state index contributed by atoms with van der Waals surface area (Å²) in [6, 6.07) is 5.13. The average Bonchev–Trinajstić information content (AvgIpc) is 2.22. The molecular formula is C13H18Cl2FN. The first-order valence-electron chi connectivity index (χ1n) is 5.73. The zero-order valence-electron chi connectivity index (χ0n) is 10.1. The molecule has 0 saturated carbocycles. The Morgan fingerprint density at radius 2 is 1.94 bits per heavy atom. The molecular weight excluding hydrogens is 260 g/mol. The Kier molecular flexibility index (Phi) is 5.71. The summed E-state index contributed by atoms with van der Waals surface area (Å²) >= 11 is 11.8. The SMILES string of the molecule is CC(C)C(CN)C(F)Cc1ccc(Cl)cc1Cl. The first-order valence-corrected chi connectivity index (χ1v) is 6.49. The summed E-state index contributed by atoms with van der Waals surface area (Å²) < 4.78 is 14.1. The van der Waals surface area contributed by atoms with E-state index in [0.717, 1.165) is 5.56 Å². The van der Waals surface area contributed by atoms with Crippen molar-refractivity contribution in [2.24, 2.45) is 17.6 Å². The van der Waals surface area contributed by atoms with Gasteiger partial charge < -0.3 is 5.73 Å². The van der Waals surface area contributed by atoms with Crippen LogP contribution < -0.4 is 5.73 Å². The van der Waals surface area contributed by atoms with Gasteiger partial charge in [-0.2, -0.15) is 0 Å². The molecule has 2 unspecified atom stereocenters. The summed E-state index contributed by atoms with van der Waals surface area (Å²) in [6.45, 7) is 4.31. The predicted octanol–water partition coefficient (Wildman–Crippen LogP) is 4.10. The minimum Gasteiger partial charge on any atom is -0.330 e. The van der Waals surface area contributed by atoms with Gasteiger partial charge in [0, 0.05) is 22.4 Å².